The highest BCUT2D eigenvalue weighted by molar-refractivity contribution is 9.10. The SMILES string of the molecule is CC1CCCCN1S(=O)(=O)c1cccc(C(=O)Nc2ccc(Br)cn2)c1. The molecule has 2 aromatic rings. The van der Waals surface area contributed by atoms with Crippen LogP contribution in [0.15, 0.2) is 52.0 Å². The number of sulfonamides is 1. The van der Waals surface area contributed by atoms with Gasteiger partial charge in [0.05, 0.1) is 4.90 Å². The van der Waals surface area contributed by atoms with Gasteiger partial charge in [0.2, 0.25) is 10.0 Å². The minimum absolute atomic E-state index is 0.0294. The van der Waals surface area contributed by atoms with Crippen LogP contribution in [-0.2, 0) is 10.0 Å². The zero-order valence-electron chi connectivity index (χ0n) is 14.4. The largest absolute Gasteiger partial charge is 0.307 e. The second kappa shape index (κ2) is 7.85. The number of amides is 1. The lowest BCUT2D eigenvalue weighted by atomic mass is 10.1. The molecule has 3 rings (SSSR count). The van der Waals surface area contributed by atoms with Gasteiger partial charge in [-0.15, -0.1) is 0 Å². The number of nitrogens with zero attached hydrogens (tertiary/aromatic N) is 2. The zero-order chi connectivity index (χ0) is 18.7. The van der Waals surface area contributed by atoms with Gasteiger partial charge in [0.25, 0.3) is 5.91 Å². The lowest BCUT2D eigenvalue weighted by molar-refractivity contribution is 0.102. The van der Waals surface area contributed by atoms with Gasteiger partial charge in [-0.25, -0.2) is 13.4 Å². The van der Waals surface area contributed by atoms with Crippen LogP contribution in [0.1, 0.15) is 36.5 Å². The van der Waals surface area contributed by atoms with E-state index in [2.05, 4.69) is 26.2 Å². The molecule has 8 heteroatoms. The lowest BCUT2D eigenvalue weighted by Gasteiger charge is -2.32. The van der Waals surface area contributed by atoms with Crippen molar-refractivity contribution in [2.45, 2.75) is 37.1 Å². The summed E-state index contributed by atoms with van der Waals surface area (Å²) in [6, 6.07) is 9.53. The summed E-state index contributed by atoms with van der Waals surface area (Å²) in [7, 11) is -3.61. The molecule has 6 nitrogen and oxygen atoms in total. The van der Waals surface area contributed by atoms with E-state index in [-0.39, 0.29) is 16.5 Å². The molecule has 1 aromatic carbocycles. The summed E-state index contributed by atoms with van der Waals surface area (Å²) in [4.78, 5) is 16.7. The molecule has 1 saturated heterocycles. The van der Waals surface area contributed by atoms with Gasteiger partial charge in [0, 0.05) is 28.8 Å². The number of anilines is 1. The van der Waals surface area contributed by atoms with Crippen molar-refractivity contribution in [3.8, 4) is 0 Å². The van der Waals surface area contributed by atoms with Crippen LogP contribution in [0, 0.1) is 0 Å². The highest BCUT2D eigenvalue weighted by atomic mass is 79.9. The van der Waals surface area contributed by atoms with Crippen molar-refractivity contribution in [1.82, 2.24) is 9.29 Å². The third-order valence-electron chi connectivity index (χ3n) is 4.41. The number of pyridine rings is 1. The molecule has 0 spiro atoms. The van der Waals surface area contributed by atoms with E-state index in [1.54, 1.807) is 30.5 Å². The Bertz CT molecular complexity index is 900. The molecule has 1 aromatic heterocycles. The van der Waals surface area contributed by atoms with Crippen LogP contribution in [0.4, 0.5) is 5.82 Å². The van der Waals surface area contributed by atoms with Crippen LogP contribution in [0.2, 0.25) is 0 Å². The summed E-state index contributed by atoms with van der Waals surface area (Å²) in [5.74, 6) is -0.000298. The Hall–Kier alpha value is -1.77. The summed E-state index contributed by atoms with van der Waals surface area (Å²) in [5.41, 5.74) is 0.278. The smallest absolute Gasteiger partial charge is 0.256 e. The number of nitrogens with one attached hydrogen (secondary N) is 1. The Labute approximate surface area is 161 Å². The summed E-state index contributed by atoms with van der Waals surface area (Å²) in [6.07, 6.45) is 4.33. The molecule has 1 aliphatic heterocycles. The first-order valence-electron chi connectivity index (χ1n) is 8.43. The second-order valence-electron chi connectivity index (χ2n) is 6.30. The standard InChI is InChI=1S/C18H20BrN3O3S/c1-13-5-2-3-10-22(13)26(24,25)16-7-4-6-14(11-16)18(23)21-17-9-8-15(19)12-20-17/h4,6-9,11-13H,2-3,5,10H2,1H3,(H,20,21,23). The van der Waals surface area contributed by atoms with Crippen LogP contribution in [0.5, 0.6) is 0 Å². The summed E-state index contributed by atoms with van der Waals surface area (Å²) < 4.78 is 28.2. The number of hydrogen-bond acceptors (Lipinski definition) is 4. The summed E-state index contributed by atoms with van der Waals surface area (Å²) in [6.45, 7) is 2.44. The second-order valence-corrected chi connectivity index (χ2v) is 9.11. The Kier molecular flexibility index (Phi) is 5.74. The molecule has 1 atom stereocenters. The predicted octanol–water partition coefficient (Wildman–Crippen LogP) is 3.66. The third-order valence-corrected chi connectivity index (χ3v) is 6.89. The fourth-order valence-electron chi connectivity index (χ4n) is 3.00. The average Bonchev–Trinajstić information content (AvgIpc) is 2.64. The molecule has 138 valence electrons. The minimum atomic E-state index is -3.61. The maximum absolute atomic E-state index is 12.9. The van der Waals surface area contributed by atoms with Crippen LogP contribution in [-0.4, -0.2) is 36.2 Å². The van der Waals surface area contributed by atoms with Crippen LogP contribution in [0.3, 0.4) is 0 Å². The number of carbonyl (C=O) groups is 1. The molecule has 1 N–H and O–H groups in total. The van der Waals surface area contributed by atoms with Gasteiger partial charge in [-0.1, -0.05) is 12.5 Å². The first-order valence-corrected chi connectivity index (χ1v) is 10.7. The van der Waals surface area contributed by atoms with Crippen LogP contribution < -0.4 is 5.32 Å². The highest BCUT2D eigenvalue weighted by Gasteiger charge is 2.31. The van der Waals surface area contributed by atoms with E-state index in [1.807, 2.05) is 6.92 Å². The van der Waals surface area contributed by atoms with E-state index in [1.165, 1.54) is 16.4 Å². The molecular weight excluding hydrogens is 418 g/mol. The zero-order valence-corrected chi connectivity index (χ0v) is 16.8. The van der Waals surface area contributed by atoms with E-state index in [4.69, 9.17) is 0 Å². The average molecular weight is 438 g/mol. The van der Waals surface area contributed by atoms with E-state index in [0.717, 1.165) is 23.7 Å². The fraction of sp³-hybridized carbons (Fsp3) is 0.333. The van der Waals surface area contributed by atoms with Gasteiger partial charge in [0.1, 0.15) is 5.82 Å². The van der Waals surface area contributed by atoms with Gasteiger partial charge in [0.15, 0.2) is 0 Å². The quantitative estimate of drug-likeness (QED) is 0.790. The third kappa shape index (κ3) is 4.13. The molecule has 0 saturated carbocycles. The molecule has 1 amide bonds. The van der Waals surface area contributed by atoms with E-state index < -0.39 is 15.9 Å². The number of halogens is 1. The molecule has 0 bridgehead atoms. The van der Waals surface area contributed by atoms with Crippen molar-refractivity contribution in [2.75, 3.05) is 11.9 Å². The topological polar surface area (TPSA) is 79.4 Å². The molecule has 2 heterocycles. The van der Waals surface area contributed by atoms with Gasteiger partial charge < -0.3 is 5.32 Å². The van der Waals surface area contributed by atoms with Crippen molar-refractivity contribution in [1.29, 1.82) is 0 Å². The molecule has 26 heavy (non-hydrogen) atoms. The summed E-state index contributed by atoms with van der Waals surface area (Å²) >= 11 is 3.28. The minimum Gasteiger partial charge on any atom is -0.307 e. The maximum atomic E-state index is 12.9. The Balaban J connectivity index is 1.83. The first kappa shape index (κ1) is 19.0. The molecule has 0 aliphatic carbocycles. The number of benzene rings is 1. The van der Waals surface area contributed by atoms with Crippen LogP contribution >= 0.6 is 15.9 Å². The number of hydrogen-bond donors (Lipinski definition) is 1. The van der Waals surface area contributed by atoms with E-state index >= 15 is 0 Å². The van der Waals surface area contributed by atoms with Crippen molar-refractivity contribution in [2.24, 2.45) is 0 Å². The van der Waals surface area contributed by atoms with Gasteiger partial charge in [-0.05, 0) is 66.0 Å². The van der Waals surface area contributed by atoms with Gasteiger partial charge >= 0.3 is 0 Å². The number of carbonyl (C=O) groups excluding carboxylic acids is 1. The Morgan fingerprint density at radius 2 is 2.08 bits per heavy atom. The van der Waals surface area contributed by atoms with Crippen molar-refractivity contribution >= 4 is 37.7 Å². The molecular formula is C18H20BrN3O3S. The monoisotopic (exact) mass is 437 g/mol. The highest BCUT2D eigenvalue weighted by Crippen LogP contribution is 2.25. The molecule has 1 unspecified atom stereocenters. The number of piperidine rings is 1. The summed E-state index contributed by atoms with van der Waals surface area (Å²) in [5, 5.41) is 2.67. The maximum Gasteiger partial charge on any atom is 0.256 e. The normalized spacial score (nSPS) is 18.5. The lowest BCUT2D eigenvalue weighted by Crippen LogP contribution is -2.41. The number of rotatable bonds is 4. The number of aromatic nitrogens is 1. The fourth-order valence-corrected chi connectivity index (χ4v) is 4.98. The van der Waals surface area contributed by atoms with Crippen LogP contribution in [0.25, 0.3) is 0 Å². The molecule has 1 aliphatic rings. The Morgan fingerprint density at radius 1 is 1.27 bits per heavy atom. The van der Waals surface area contributed by atoms with Gasteiger partial charge in [-0.3, -0.25) is 4.79 Å². The van der Waals surface area contributed by atoms with Crippen molar-refractivity contribution in [3.05, 3.63) is 52.6 Å². The van der Waals surface area contributed by atoms with E-state index in [0.29, 0.717) is 12.4 Å². The Morgan fingerprint density at radius 3 is 2.77 bits per heavy atom. The molecule has 1 fully saturated rings. The van der Waals surface area contributed by atoms with Crippen molar-refractivity contribution < 1.29 is 13.2 Å². The van der Waals surface area contributed by atoms with E-state index in [9.17, 15) is 13.2 Å². The first-order chi connectivity index (χ1) is 12.4. The predicted molar refractivity (Wildman–Crippen MR) is 104 cm³/mol. The molecule has 0 radical (unpaired) electrons. The van der Waals surface area contributed by atoms with Crippen molar-refractivity contribution in [3.63, 3.8) is 0 Å². The van der Waals surface area contributed by atoms with Gasteiger partial charge in [-0.2, -0.15) is 4.31 Å².